The normalized spacial score (nSPS) is 10.4. The summed E-state index contributed by atoms with van der Waals surface area (Å²) < 4.78 is 1.23. The van der Waals surface area contributed by atoms with Crippen molar-refractivity contribution in [3.8, 4) is 0 Å². The summed E-state index contributed by atoms with van der Waals surface area (Å²) in [7, 11) is 0. The maximum absolute atomic E-state index is 12.0. The van der Waals surface area contributed by atoms with Crippen LogP contribution in [0.3, 0.4) is 0 Å². The van der Waals surface area contributed by atoms with Crippen molar-refractivity contribution in [2.75, 3.05) is 0 Å². The molecule has 1 aromatic carbocycles. The van der Waals surface area contributed by atoms with Crippen LogP contribution in [-0.2, 0) is 6.54 Å². The summed E-state index contributed by atoms with van der Waals surface area (Å²) >= 11 is 8.79. The fourth-order valence-corrected chi connectivity index (χ4v) is 1.93. The summed E-state index contributed by atoms with van der Waals surface area (Å²) in [6, 6.07) is 6.42. The Labute approximate surface area is 120 Å². The molecule has 0 aliphatic carbocycles. The number of carbonyl (C=O) groups is 1. The highest BCUT2D eigenvalue weighted by Gasteiger charge is 2.21. The van der Waals surface area contributed by atoms with Crippen molar-refractivity contribution in [2.24, 2.45) is 0 Å². The lowest BCUT2D eigenvalue weighted by Crippen LogP contribution is -2.12. The molecule has 0 spiro atoms. The molecular weight excluding hydrogens is 339 g/mol. The maximum atomic E-state index is 12.0. The van der Waals surface area contributed by atoms with Crippen molar-refractivity contribution in [3.05, 3.63) is 49.7 Å². The smallest absolute Gasteiger partial charge is 0.390 e. The number of nitro groups is 1. The average molecular weight is 346 g/mol. The predicted octanol–water partition coefficient (Wildman–Crippen LogP) is 2.49. The van der Waals surface area contributed by atoms with Crippen molar-refractivity contribution >= 4 is 39.3 Å². The van der Waals surface area contributed by atoms with Crippen molar-refractivity contribution in [1.82, 2.24) is 14.8 Å². The lowest BCUT2D eigenvalue weighted by atomic mass is 10.1. The number of ketones is 1. The fourth-order valence-electron chi connectivity index (χ4n) is 1.38. The van der Waals surface area contributed by atoms with E-state index in [9.17, 15) is 14.9 Å². The average Bonchev–Trinajstić information content (AvgIpc) is 2.71. The molecule has 19 heavy (non-hydrogen) atoms. The molecule has 7 nitrogen and oxygen atoms in total. The molecule has 0 saturated carbocycles. The first-order chi connectivity index (χ1) is 8.97. The van der Waals surface area contributed by atoms with E-state index in [2.05, 4.69) is 26.0 Å². The number of nitrogens with zero attached hydrogens (tertiary/aromatic N) is 4. The molecule has 2 aromatic rings. The molecule has 98 valence electrons. The number of aromatic nitrogens is 3. The van der Waals surface area contributed by atoms with Crippen LogP contribution in [0.5, 0.6) is 0 Å². The second-order valence-electron chi connectivity index (χ2n) is 3.53. The van der Waals surface area contributed by atoms with Gasteiger partial charge in [0.25, 0.3) is 4.73 Å². The van der Waals surface area contributed by atoms with Gasteiger partial charge in [0, 0.05) is 31.6 Å². The maximum Gasteiger partial charge on any atom is 0.492 e. The Balaban J connectivity index is 2.21. The third kappa shape index (κ3) is 3.15. The van der Waals surface area contributed by atoms with E-state index in [1.807, 2.05) is 0 Å². The van der Waals surface area contributed by atoms with Crippen molar-refractivity contribution in [1.29, 1.82) is 0 Å². The zero-order chi connectivity index (χ0) is 14.0. The molecule has 0 fully saturated rings. The molecule has 0 aliphatic rings. The van der Waals surface area contributed by atoms with Gasteiger partial charge in [-0.05, 0) is 22.0 Å². The van der Waals surface area contributed by atoms with Gasteiger partial charge in [0.2, 0.25) is 0 Å². The number of rotatable bonds is 4. The molecule has 2 rings (SSSR count). The first-order valence-electron chi connectivity index (χ1n) is 5.01. The molecule has 0 aliphatic heterocycles. The number of hydrogen-bond donors (Lipinski definition) is 0. The molecule has 0 N–H and O–H groups in total. The van der Waals surface area contributed by atoms with Gasteiger partial charge in [0.05, 0.1) is 0 Å². The van der Waals surface area contributed by atoms with Crippen molar-refractivity contribution in [3.63, 3.8) is 0 Å². The van der Waals surface area contributed by atoms with Crippen LogP contribution in [0.1, 0.15) is 10.4 Å². The zero-order valence-electron chi connectivity index (χ0n) is 9.29. The Hall–Kier alpha value is -1.80. The van der Waals surface area contributed by atoms with Gasteiger partial charge in [-0.25, -0.2) is 0 Å². The summed E-state index contributed by atoms with van der Waals surface area (Å²) in [5.41, 5.74) is 0.401. The van der Waals surface area contributed by atoms with Crippen LogP contribution < -0.4 is 0 Å². The van der Waals surface area contributed by atoms with Gasteiger partial charge in [0.15, 0.2) is 5.78 Å². The lowest BCUT2D eigenvalue weighted by Gasteiger charge is -1.99. The fraction of sp³-hybridized carbons (Fsp3) is 0.100. The second-order valence-corrected chi connectivity index (χ2v) is 4.67. The molecule has 0 unspecified atom stereocenters. The second kappa shape index (κ2) is 5.45. The highest BCUT2D eigenvalue weighted by atomic mass is 79.9. The molecule has 0 atom stereocenters. The van der Waals surface area contributed by atoms with Crippen LogP contribution >= 0.6 is 27.5 Å². The predicted molar refractivity (Wildman–Crippen MR) is 70.2 cm³/mol. The molecule has 1 heterocycles. The standard InChI is InChI=1S/C10H6BrClN4O3/c11-9-13-10(16(18)19)14-15(9)5-8(17)6-2-1-3-7(12)4-6/h1-4H,5H2. The quantitative estimate of drug-likeness (QED) is 0.482. The lowest BCUT2D eigenvalue weighted by molar-refractivity contribution is -0.394. The van der Waals surface area contributed by atoms with E-state index in [0.717, 1.165) is 4.68 Å². The number of hydrogen-bond acceptors (Lipinski definition) is 5. The number of benzene rings is 1. The van der Waals surface area contributed by atoms with E-state index >= 15 is 0 Å². The van der Waals surface area contributed by atoms with Crippen LogP contribution in [0.15, 0.2) is 29.0 Å². The number of carbonyl (C=O) groups excluding carboxylic acids is 1. The Morgan fingerprint density at radius 2 is 2.26 bits per heavy atom. The third-order valence-electron chi connectivity index (χ3n) is 2.22. The molecule has 0 bridgehead atoms. The zero-order valence-corrected chi connectivity index (χ0v) is 11.6. The number of Topliss-reactive ketones (excluding diaryl/α,β-unsaturated/α-hetero) is 1. The van der Waals surface area contributed by atoms with Crippen LogP contribution in [0.2, 0.25) is 5.02 Å². The first-order valence-corrected chi connectivity index (χ1v) is 6.18. The van der Waals surface area contributed by atoms with Gasteiger partial charge in [0.1, 0.15) is 6.54 Å². The molecule has 0 saturated heterocycles. The van der Waals surface area contributed by atoms with Gasteiger partial charge < -0.3 is 10.1 Å². The summed E-state index contributed by atoms with van der Waals surface area (Å²) in [4.78, 5) is 25.3. The minimum absolute atomic E-state index is 0.120. The van der Waals surface area contributed by atoms with Crippen LogP contribution in [-0.4, -0.2) is 25.5 Å². The van der Waals surface area contributed by atoms with Crippen LogP contribution in [0, 0.1) is 10.1 Å². The monoisotopic (exact) mass is 344 g/mol. The van der Waals surface area contributed by atoms with Crippen LogP contribution in [0.25, 0.3) is 0 Å². The summed E-state index contributed by atoms with van der Waals surface area (Å²) in [5, 5.41) is 14.6. The van der Waals surface area contributed by atoms with Crippen LogP contribution in [0.4, 0.5) is 5.95 Å². The molecule has 9 heteroatoms. The summed E-state index contributed by atoms with van der Waals surface area (Å²) in [6.45, 7) is -0.165. The summed E-state index contributed by atoms with van der Waals surface area (Å²) in [6.07, 6.45) is 0. The molecule has 0 amide bonds. The Morgan fingerprint density at radius 3 is 2.84 bits per heavy atom. The van der Waals surface area contributed by atoms with Gasteiger partial charge in [-0.1, -0.05) is 23.7 Å². The van der Waals surface area contributed by atoms with E-state index in [-0.39, 0.29) is 17.1 Å². The third-order valence-corrected chi connectivity index (χ3v) is 3.04. The van der Waals surface area contributed by atoms with Gasteiger partial charge >= 0.3 is 5.95 Å². The van der Waals surface area contributed by atoms with Gasteiger partial charge in [-0.2, -0.15) is 4.68 Å². The Bertz CT molecular complexity index is 658. The van der Waals surface area contributed by atoms with Crippen molar-refractivity contribution in [2.45, 2.75) is 6.54 Å². The van der Waals surface area contributed by atoms with Gasteiger partial charge in [-0.3, -0.25) is 4.79 Å². The SMILES string of the molecule is O=C(Cn1nc([N+](=O)[O-])nc1Br)c1cccc(Cl)c1. The van der Waals surface area contributed by atoms with Gasteiger partial charge in [-0.15, -0.1) is 0 Å². The van der Waals surface area contributed by atoms with E-state index in [0.29, 0.717) is 10.6 Å². The van der Waals surface area contributed by atoms with E-state index in [1.54, 1.807) is 18.2 Å². The topological polar surface area (TPSA) is 90.9 Å². The largest absolute Gasteiger partial charge is 0.492 e. The highest BCUT2D eigenvalue weighted by molar-refractivity contribution is 9.10. The number of halogens is 2. The summed E-state index contributed by atoms with van der Waals surface area (Å²) in [5.74, 6) is -0.839. The van der Waals surface area contributed by atoms with E-state index in [1.165, 1.54) is 6.07 Å². The van der Waals surface area contributed by atoms with Crippen molar-refractivity contribution < 1.29 is 9.72 Å². The minimum atomic E-state index is -0.731. The molecular formula is C10H6BrClN4O3. The molecule has 0 radical (unpaired) electrons. The Kier molecular flexibility index (Phi) is 3.91. The van der Waals surface area contributed by atoms with E-state index < -0.39 is 10.9 Å². The highest BCUT2D eigenvalue weighted by Crippen LogP contribution is 2.15. The Morgan fingerprint density at radius 1 is 1.53 bits per heavy atom. The van der Waals surface area contributed by atoms with E-state index in [4.69, 9.17) is 11.6 Å². The first kappa shape index (κ1) is 13.6. The minimum Gasteiger partial charge on any atom is -0.390 e. The molecule has 1 aromatic heterocycles.